The molecule has 0 saturated heterocycles. The standard InChI is InChI=1S/C14H19FO2/c1-10-8-13(15)6-5-12(10)9-14(16)7-4-11(2)17-3/h5-6,8,11H,4,7,9H2,1-3H3. The number of rotatable bonds is 6. The molecule has 0 spiro atoms. The maximum Gasteiger partial charge on any atom is 0.137 e. The monoisotopic (exact) mass is 238 g/mol. The van der Waals surface area contributed by atoms with Gasteiger partial charge in [-0.1, -0.05) is 6.07 Å². The molecule has 2 nitrogen and oxygen atoms in total. The highest BCUT2D eigenvalue weighted by atomic mass is 19.1. The highest BCUT2D eigenvalue weighted by Gasteiger charge is 2.09. The Kier molecular flexibility index (Phi) is 5.29. The van der Waals surface area contributed by atoms with Crippen molar-refractivity contribution < 1.29 is 13.9 Å². The van der Waals surface area contributed by atoms with Crippen molar-refractivity contribution >= 4 is 5.78 Å². The van der Waals surface area contributed by atoms with Crippen LogP contribution in [0.3, 0.4) is 0 Å². The fraction of sp³-hybridized carbons (Fsp3) is 0.500. The second-order valence-electron chi connectivity index (χ2n) is 4.37. The molecule has 1 aromatic rings. The van der Waals surface area contributed by atoms with Gasteiger partial charge in [0, 0.05) is 20.0 Å². The van der Waals surface area contributed by atoms with Crippen LogP contribution in [0.5, 0.6) is 0 Å². The van der Waals surface area contributed by atoms with Crippen molar-refractivity contribution in [2.45, 2.75) is 39.2 Å². The molecule has 17 heavy (non-hydrogen) atoms. The van der Waals surface area contributed by atoms with E-state index in [9.17, 15) is 9.18 Å². The van der Waals surface area contributed by atoms with Crippen molar-refractivity contribution in [2.24, 2.45) is 0 Å². The highest BCUT2D eigenvalue weighted by molar-refractivity contribution is 5.81. The van der Waals surface area contributed by atoms with Gasteiger partial charge in [-0.15, -0.1) is 0 Å². The molecule has 1 aromatic carbocycles. The minimum absolute atomic E-state index is 0.105. The second-order valence-corrected chi connectivity index (χ2v) is 4.37. The van der Waals surface area contributed by atoms with Gasteiger partial charge in [0.2, 0.25) is 0 Å². The van der Waals surface area contributed by atoms with Crippen molar-refractivity contribution in [2.75, 3.05) is 7.11 Å². The molecular formula is C14H19FO2. The van der Waals surface area contributed by atoms with Crippen LogP contribution in [0, 0.1) is 12.7 Å². The van der Waals surface area contributed by atoms with E-state index in [0.29, 0.717) is 12.8 Å². The number of hydrogen-bond donors (Lipinski definition) is 0. The van der Waals surface area contributed by atoms with Gasteiger partial charge in [0.15, 0.2) is 0 Å². The molecule has 1 unspecified atom stereocenters. The summed E-state index contributed by atoms with van der Waals surface area (Å²) in [6, 6.07) is 4.54. The van der Waals surface area contributed by atoms with Crippen LogP contribution in [0.25, 0.3) is 0 Å². The van der Waals surface area contributed by atoms with Crippen LogP contribution in [0.2, 0.25) is 0 Å². The number of carbonyl (C=O) groups excluding carboxylic acids is 1. The van der Waals surface area contributed by atoms with E-state index in [1.807, 2.05) is 13.8 Å². The molecule has 0 saturated carbocycles. The lowest BCUT2D eigenvalue weighted by Crippen LogP contribution is -2.10. The third kappa shape index (κ3) is 4.65. The summed E-state index contributed by atoms with van der Waals surface area (Å²) in [6.07, 6.45) is 1.72. The zero-order valence-electron chi connectivity index (χ0n) is 10.6. The number of carbonyl (C=O) groups is 1. The van der Waals surface area contributed by atoms with Crippen LogP contribution in [0.4, 0.5) is 4.39 Å². The van der Waals surface area contributed by atoms with Crippen molar-refractivity contribution in [3.05, 3.63) is 35.1 Å². The Morgan fingerprint density at radius 2 is 2.18 bits per heavy atom. The lowest BCUT2D eigenvalue weighted by Gasteiger charge is -2.09. The number of halogens is 1. The van der Waals surface area contributed by atoms with Crippen molar-refractivity contribution in [1.29, 1.82) is 0 Å². The van der Waals surface area contributed by atoms with Gasteiger partial charge < -0.3 is 4.74 Å². The molecule has 1 atom stereocenters. The Bertz CT molecular complexity index is 388. The predicted molar refractivity (Wildman–Crippen MR) is 65.6 cm³/mol. The maximum absolute atomic E-state index is 12.9. The fourth-order valence-electron chi connectivity index (χ4n) is 1.64. The zero-order chi connectivity index (χ0) is 12.8. The first kappa shape index (κ1) is 13.8. The Morgan fingerprint density at radius 1 is 1.47 bits per heavy atom. The fourth-order valence-corrected chi connectivity index (χ4v) is 1.64. The molecule has 94 valence electrons. The quantitative estimate of drug-likeness (QED) is 0.761. The van der Waals surface area contributed by atoms with Gasteiger partial charge in [-0.2, -0.15) is 0 Å². The largest absolute Gasteiger partial charge is 0.382 e. The molecule has 3 heteroatoms. The van der Waals surface area contributed by atoms with Crippen LogP contribution in [-0.2, 0) is 16.0 Å². The normalized spacial score (nSPS) is 12.5. The van der Waals surface area contributed by atoms with E-state index in [0.717, 1.165) is 17.5 Å². The number of methoxy groups -OCH3 is 1. The third-order valence-corrected chi connectivity index (χ3v) is 2.92. The molecule has 0 bridgehead atoms. The van der Waals surface area contributed by atoms with Crippen LogP contribution < -0.4 is 0 Å². The molecule has 0 aromatic heterocycles. The van der Waals surface area contributed by atoms with E-state index in [-0.39, 0.29) is 17.7 Å². The molecule has 0 aliphatic carbocycles. The summed E-state index contributed by atoms with van der Waals surface area (Å²) in [4.78, 5) is 11.7. The smallest absolute Gasteiger partial charge is 0.137 e. The Labute approximate surface area is 102 Å². The molecule has 0 fully saturated rings. The molecule has 0 aliphatic rings. The van der Waals surface area contributed by atoms with Gasteiger partial charge in [0.05, 0.1) is 6.10 Å². The van der Waals surface area contributed by atoms with Crippen molar-refractivity contribution in [3.63, 3.8) is 0 Å². The van der Waals surface area contributed by atoms with Gasteiger partial charge in [-0.3, -0.25) is 4.79 Å². The summed E-state index contributed by atoms with van der Waals surface area (Å²) in [5, 5.41) is 0. The van der Waals surface area contributed by atoms with Gasteiger partial charge in [-0.25, -0.2) is 4.39 Å². The minimum Gasteiger partial charge on any atom is -0.382 e. The number of aryl methyl sites for hydroxylation is 1. The Morgan fingerprint density at radius 3 is 2.76 bits per heavy atom. The minimum atomic E-state index is -0.258. The zero-order valence-corrected chi connectivity index (χ0v) is 10.6. The third-order valence-electron chi connectivity index (χ3n) is 2.92. The molecule has 0 amide bonds. The SMILES string of the molecule is COC(C)CCC(=O)Cc1ccc(F)cc1C. The lowest BCUT2D eigenvalue weighted by molar-refractivity contribution is -0.119. The van der Waals surface area contributed by atoms with Crippen molar-refractivity contribution in [3.8, 4) is 0 Å². The summed E-state index contributed by atoms with van der Waals surface area (Å²) in [5.74, 6) is -0.0877. The molecule has 0 N–H and O–H groups in total. The van der Waals surface area contributed by atoms with Crippen LogP contribution in [0.1, 0.15) is 30.9 Å². The summed E-state index contributed by atoms with van der Waals surface area (Å²) >= 11 is 0. The summed E-state index contributed by atoms with van der Waals surface area (Å²) in [6.45, 7) is 3.76. The van der Waals surface area contributed by atoms with Crippen molar-refractivity contribution in [1.82, 2.24) is 0 Å². The van der Waals surface area contributed by atoms with Gasteiger partial charge in [-0.05, 0) is 43.5 Å². The summed E-state index contributed by atoms with van der Waals surface area (Å²) in [5.41, 5.74) is 1.74. The topological polar surface area (TPSA) is 26.3 Å². The average molecular weight is 238 g/mol. The lowest BCUT2D eigenvalue weighted by atomic mass is 10.0. The Hall–Kier alpha value is -1.22. The number of hydrogen-bond acceptors (Lipinski definition) is 2. The van der Waals surface area contributed by atoms with Gasteiger partial charge in [0.25, 0.3) is 0 Å². The van der Waals surface area contributed by atoms with E-state index in [2.05, 4.69) is 0 Å². The molecule has 0 aliphatic heterocycles. The molecule has 1 rings (SSSR count). The predicted octanol–water partition coefficient (Wildman–Crippen LogP) is 3.06. The first-order chi connectivity index (χ1) is 8.02. The highest BCUT2D eigenvalue weighted by Crippen LogP contribution is 2.12. The maximum atomic E-state index is 12.9. The van der Waals surface area contributed by atoms with E-state index in [1.54, 1.807) is 13.2 Å². The van der Waals surface area contributed by atoms with Gasteiger partial charge in [0.1, 0.15) is 11.6 Å². The van der Waals surface area contributed by atoms with E-state index in [1.165, 1.54) is 12.1 Å². The van der Waals surface area contributed by atoms with Crippen LogP contribution in [-0.4, -0.2) is 19.0 Å². The van der Waals surface area contributed by atoms with E-state index >= 15 is 0 Å². The number of benzene rings is 1. The van der Waals surface area contributed by atoms with Crippen LogP contribution >= 0.6 is 0 Å². The van der Waals surface area contributed by atoms with Crippen LogP contribution in [0.15, 0.2) is 18.2 Å². The number of ketones is 1. The number of ether oxygens (including phenoxy) is 1. The average Bonchev–Trinajstić information content (AvgIpc) is 2.29. The molecular weight excluding hydrogens is 219 g/mol. The molecule has 0 heterocycles. The van der Waals surface area contributed by atoms with Gasteiger partial charge >= 0.3 is 0 Å². The molecule has 0 radical (unpaired) electrons. The summed E-state index contributed by atoms with van der Waals surface area (Å²) < 4.78 is 18.0. The van der Waals surface area contributed by atoms with E-state index < -0.39 is 0 Å². The second kappa shape index (κ2) is 6.50. The number of Topliss-reactive ketones (excluding diaryl/α,β-unsaturated/α-hetero) is 1. The van der Waals surface area contributed by atoms with E-state index in [4.69, 9.17) is 4.74 Å². The first-order valence-corrected chi connectivity index (χ1v) is 5.82. The summed E-state index contributed by atoms with van der Waals surface area (Å²) in [7, 11) is 1.64. The first-order valence-electron chi connectivity index (χ1n) is 5.82. The Balaban J connectivity index is 2.50.